The minimum absolute atomic E-state index is 0.0149. The number of aromatic nitrogens is 2. The summed E-state index contributed by atoms with van der Waals surface area (Å²) >= 11 is 0. The molecule has 0 aliphatic rings. The standard InChI is InChI=1S/C12H13N5O/c1-7-4-2-3-5-8(7)6-9-15-11(13)10(17-18)12(14)16-9/h2-5H,6H2,1H3,(H4,13,14,15,16). The van der Waals surface area contributed by atoms with Gasteiger partial charge in [0, 0.05) is 6.42 Å². The Morgan fingerprint density at radius 3 is 2.33 bits per heavy atom. The molecule has 18 heavy (non-hydrogen) atoms. The van der Waals surface area contributed by atoms with E-state index in [1.165, 1.54) is 0 Å². The zero-order chi connectivity index (χ0) is 13.1. The van der Waals surface area contributed by atoms with Gasteiger partial charge in [-0.05, 0) is 23.2 Å². The maximum Gasteiger partial charge on any atom is 0.192 e. The molecule has 0 aliphatic heterocycles. The molecule has 0 fully saturated rings. The van der Waals surface area contributed by atoms with Crippen LogP contribution < -0.4 is 11.5 Å². The number of benzene rings is 1. The van der Waals surface area contributed by atoms with Crippen LogP contribution in [0.15, 0.2) is 29.4 Å². The Morgan fingerprint density at radius 2 is 1.78 bits per heavy atom. The Hall–Kier alpha value is -2.50. The van der Waals surface area contributed by atoms with Crippen molar-refractivity contribution in [3.63, 3.8) is 0 Å². The lowest BCUT2D eigenvalue weighted by molar-refractivity contribution is 0.971. The van der Waals surface area contributed by atoms with Gasteiger partial charge in [-0.3, -0.25) is 0 Å². The maximum absolute atomic E-state index is 10.5. The summed E-state index contributed by atoms with van der Waals surface area (Å²) in [6.45, 7) is 2.00. The number of nitrogen functional groups attached to an aromatic ring is 2. The second-order valence-electron chi connectivity index (χ2n) is 3.95. The second-order valence-corrected chi connectivity index (χ2v) is 3.95. The third kappa shape index (κ3) is 2.27. The normalized spacial score (nSPS) is 10.3. The summed E-state index contributed by atoms with van der Waals surface area (Å²) in [5.74, 6) is 0.508. The van der Waals surface area contributed by atoms with Crippen molar-refractivity contribution in [3.05, 3.63) is 46.1 Å². The highest BCUT2D eigenvalue weighted by atomic mass is 16.3. The molecule has 1 aromatic carbocycles. The van der Waals surface area contributed by atoms with Crippen LogP contribution in [0.5, 0.6) is 0 Å². The number of hydrogen-bond donors (Lipinski definition) is 2. The van der Waals surface area contributed by atoms with E-state index in [0.717, 1.165) is 11.1 Å². The molecule has 0 radical (unpaired) electrons. The van der Waals surface area contributed by atoms with E-state index in [0.29, 0.717) is 12.2 Å². The molecule has 4 N–H and O–H groups in total. The largest absolute Gasteiger partial charge is 0.382 e. The summed E-state index contributed by atoms with van der Waals surface area (Å²) in [7, 11) is 0. The van der Waals surface area contributed by atoms with Crippen molar-refractivity contribution >= 4 is 17.3 Å². The van der Waals surface area contributed by atoms with Gasteiger partial charge in [-0.2, -0.15) is 0 Å². The maximum atomic E-state index is 10.5. The molecular formula is C12H13N5O. The summed E-state index contributed by atoms with van der Waals surface area (Å²) in [4.78, 5) is 18.6. The second kappa shape index (κ2) is 4.79. The molecule has 0 unspecified atom stereocenters. The van der Waals surface area contributed by atoms with Crippen LogP contribution in [-0.2, 0) is 6.42 Å². The molecule has 1 heterocycles. The highest BCUT2D eigenvalue weighted by Gasteiger charge is 2.11. The molecule has 0 saturated heterocycles. The monoisotopic (exact) mass is 243 g/mol. The number of aryl methyl sites for hydroxylation is 1. The van der Waals surface area contributed by atoms with E-state index in [1.54, 1.807) is 0 Å². The SMILES string of the molecule is Cc1ccccc1Cc1nc(N)c(N=O)c(N)n1. The minimum atomic E-state index is -0.0940. The third-order valence-electron chi connectivity index (χ3n) is 2.69. The van der Waals surface area contributed by atoms with E-state index in [9.17, 15) is 4.91 Å². The third-order valence-corrected chi connectivity index (χ3v) is 2.69. The number of nitrogens with two attached hydrogens (primary N) is 2. The average molecular weight is 243 g/mol. The van der Waals surface area contributed by atoms with Gasteiger partial charge >= 0.3 is 0 Å². The van der Waals surface area contributed by atoms with Gasteiger partial charge in [-0.25, -0.2) is 9.97 Å². The fourth-order valence-corrected chi connectivity index (χ4v) is 1.69. The first-order valence-corrected chi connectivity index (χ1v) is 5.41. The molecule has 92 valence electrons. The van der Waals surface area contributed by atoms with Crippen LogP contribution in [0.3, 0.4) is 0 Å². The van der Waals surface area contributed by atoms with Crippen molar-refractivity contribution in [2.24, 2.45) is 5.18 Å². The van der Waals surface area contributed by atoms with Gasteiger partial charge in [-0.1, -0.05) is 24.3 Å². The van der Waals surface area contributed by atoms with Crippen LogP contribution in [0.25, 0.3) is 0 Å². The Balaban J connectivity index is 2.36. The first-order chi connectivity index (χ1) is 8.61. The van der Waals surface area contributed by atoms with Crippen molar-refractivity contribution in [1.82, 2.24) is 9.97 Å². The summed E-state index contributed by atoms with van der Waals surface area (Å²) in [6.07, 6.45) is 0.514. The molecule has 0 atom stereocenters. The molecule has 2 rings (SSSR count). The van der Waals surface area contributed by atoms with Crippen LogP contribution >= 0.6 is 0 Å². The lowest BCUT2D eigenvalue weighted by atomic mass is 10.1. The van der Waals surface area contributed by atoms with E-state index >= 15 is 0 Å². The van der Waals surface area contributed by atoms with Gasteiger partial charge in [0.25, 0.3) is 0 Å². The average Bonchev–Trinajstić information content (AvgIpc) is 2.32. The zero-order valence-corrected chi connectivity index (χ0v) is 9.92. The summed E-state index contributed by atoms with van der Waals surface area (Å²) < 4.78 is 0. The predicted molar refractivity (Wildman–Crippen MR) is 70.3 cm³/mol. The summed E-state index contributed by atoms with van der Waals surface area (Å²) in [5.41, 5.74) is 13.3. The zero-order valence-electron chi connectivity index (χ0n) is 9.92. The van der Waals surface area contributed by atoms with Crippen LogP contribution in [0, 0.1) is 11.8 Å². The Kier molecular flexibility index (Phi) is 3.18. The van der Waals surface area contributed by atoms with E-state index in [4.69, 9.17) is 11.5 Å². The van der Waals surface area contributed by atoms with Crippen molar-refractivity contribution in [2.75, 3.05) is 11.5 Å². The quantitative estimate of drug-likeness (QED) is 0.801. The van der Waals surface area contributed by atoms with Crippen LogP contribution in [-0.4, -0.2) is 9.97 Å². The van der Waals surface area contributed by atoms with Crippen LogP contribution in [0.1, 0.15) is 17.0 Å². The van der Waals surface area contributed by atoms with E-state index in [2.05, 4.69) is 15.1 Å². The molecule has 1 aromatic heterocycles. The molecule has 0 amide bonds. The highest BCUT2D eigenvalue weighted by Crippen LogP contribution is 2.26. The predicted octanol–water partition coefficient (Wildman–Crippen LogP) is 1.94. The first-order valence-electron chi connectivity index (χ1n) is 5.41. The van der Waals surface area contributed by atoms with Crippen molar-refractivity contribution in [1.29, 1.82) is 0 Å². The molecule has 2 aromatic rings. The summed E-state index contributed by atoms with van der Waals surface area (Å²) in [6, 6.07) is 7.89. The van der Waals surface area contributed by atoms with Crippen molar-refractivity contribution in [3.8, 4) is 0 Å². The minimum Gasteiger partial charge on any atom is -0.382 e. The van der Waals surface area contributed by atoms with E-state index in [-0.39, 0.29) is 17.3 Å². The fraction of sp³-hybridized carbons (Fsp3) is 0.167. The van der Waals surface area contributed by atoms with Gasteiger partial charge < -0.3 is 11.5 Å². The van der Waals surface area contributed by atoms with Gasteiger partial charge in [0.1, 0.15) is 5.82 Å². The summed E-state index contributed by atoms with van der Waals surface area (Å²) in [5, 5.41) is 2.71. The van der Waals surface area contributed by atoms with E-state index in [1.807, 2.05) is 31.2 Å². The smallest absolute Gasteiger partial charge is 0.192 e. The lowest BCUT2D eigenvalue weighted by Crippen LogP contribution is -2.05. The van der Waals surface area contributed by atoms with Gasteiger partial charge in [0.15, 0.2) is 17.3 Å². The first kappa shape index (κ1) is 12.0. The number of rotatable bonds is 3. The number of nitroso groups, excluding NO2 is 1. The molecule has 0 saturated carbocycles. The molecule has 6 heteroatoms. The number of hydrogen-bond acceptors (Lipinski definition) is 6. The number of anilines is 2. The Labute approximate surface area is 104 Å². The molecule has 6 nitrogen and oxygen atoms in total. The van der Waals surface area contributed by atoms with Gasteiger partial charge in [0.05, 0.1) is 0 Å². The molecule has 0 bridgehead atoms. The number of nitrogens with zero attached hydrogens (tertiary/aromatic N) is 3. The van der Waals surface area contributed by atoms with Gasteiger partial charge in [-0.15, -0.1) is 4.91 Å². The highest BCUT2D eigenvalue weighted by molar-refractivity contribution is 5.69. The van der Waals surface area contributed by atoms with Crippen molar-refractivity contribution < 1.29 is 0 Å². The molecular weight excluding hydrogens is 230 g/mol. The lowest BCUT2D eigenvalue weighted by Gasteiger charge is -2.07. The van der Waals surface area contributed by atoms with Crippen LogP contribution in [0.4, 0.5) is 17.3 Å². The van der Waals surface area contributed by atoms with Gasteiger partial charge in [0.2, 0.25) is 0 Å². The molecule has 0 aliphatic carbocycles. The Morgan fingerprint density at radius 1 is 1.17 bits per heavy atom. The topological polar surface area (TPSA) is 107 Å². The van der Waals surface area contributed by atoms with Crippen molar-refractivity contribution in [2.45, 2.75) is 13.3 Å². The Bertz CT molecular complexity index is 574. The van der Waals surface area contributed by atoms with Crippen LogP contribution in [0.2, 0.25) is 0 Å². The fourth-order valence-electron chi connectivity index (χ4n) is 1.69. The van der Waals surface area contributed by atoms with E-state index < -0.39 is 0 Å². The molecule has 0 spiro atoms.